The molecule has 4 heteroatoms. The number of aryl methyl sites for hydroxylation is 1. The SMILES string of the molecule is CCCCC1CCC(c2ccc(C3=Cc4cc(F)c(OC)cc4CC3)c(F)c2F)CC1. The van der Waals surface area contributed by atoms with E-state index < -0.39 is 17.5 Å². The highest BCUT2D eigenvalue weighted by Crippen LogP contribution is 2.41. The Kier molecular flexibility index (Phi) is 6.74. The van der Waals surface area contributed by atoms with Gasteiger partial charge in [0.2, 0.25) is 0 Å². The minimum atomic E-state index is -0.769. The summed E-state index contributed by atoms with van der Waals surface area (Å²) in [6.45, 7) is 2.21. The molecule has 0 spiro atoms. The molecule has 2 aromatic rings. The fraction of sp³-hybridized carbons (Fsp3) is 0.481. The summed E-state index contributed by atoms with van der Waals surface area (Å²) in [5.41, 5.74) is 3.18. The summed E-state index contributed by atoms with van der Waals surface area (Å²) in [6, 6.07) is 6.59. The van der Waals surface area contributed by atoms with E-state index in [9.17, 15) is 4.39 Å². The van der Waals surface area contributed by atoms with Gasteiger partial charge in [-0.3, -0.25) is 0 Å². The van der Waals surface area contributed by atoms with Crippen molar-refractivity contribution in [3.8, 4) is 5.75 Å². The number of halogens is 3. The second-order valence-corrected chi connectivity index (χ2v) is 9.05. The Bertz CT molecular complexity index is 971. The zero-order chi connectivity index (χ0) is 22.0. The molecule has 0 amide bonds. The average molecular weight is 429 g/mol. The van der Waals surface area contributed by atoms with E-state index in [4.69, 9.17) is 4.74 Å². The molecule has 2 aliphatic rings. The minimum absolute atomic E-state index is 0.101. The molecule has 166 valence electrons. The predicted molar refractivity (Wildman–Crippen MR) is 120 cm³/mol. The van der Waals surface area contributed by atoms with Gasteiger partial charge in [0, 0.05) is 5.56 Å². The maximum absolute atomic E-state index is 15.1. The van der Waals surface area contributed by atoms with Crippen LogP contribution >= 0.6 is 0 Å². The second-order valence-electron chi connectivity index (χ2n) is 9.05. The van der Waals surface area contributed by atoms with E-state index in [0.29, 0.717) is 35.1 Å². The number of hydrogen-bond acceptors (Lipinski definition) is 1. The van der Waals surface area contributed by atoms with Crippen LogP contribution in [0.25, 0.3) is 11.6 Å². The second kappa shape index (κ2) is 9.50. The fourth-order valence-corrected chi connectivity index (χ4v) is 5.24. The van der Waals surface area contributed by atoms with Crippen LogP contribution in [-0.4, -0.2) is 7.11 Å². The Hall–Kier alpha value is -2.23. The van der Waals surface area contributed by atoms with Crippen molar-refractivity contribution < 1.29 is 17.9 Å². The molecule has 0 aromatic heterocycles. The van der Waals surface area contributed by atoms with Gasteiger partial charge >= 0.3 is 0 Å². The molecule has 0 heterocycles. The lowest BCUT2D eigenvalue weighted by atomic mass is 9.76. The normalized spacial score (nSPS) is 20.9. The van der Waals surface area contributed by atoms with Gasteiger partial charge in [0.15, 0.2) is 23.2 Å². The molecule has 0 unspecified atom stereocenters. The maximum Gasteiger partial charge on any atom is 0.166 e. The smallest absolute Gasteiger partial charge is 0.166 e. The van der Waals surface area contributed by atoms with E-state index in [0.717, 1.165) is 37.2 Å². The zero-order valence-electron chi connectivity index (χ0n) is 18.4. The molecule has 0 aliphatic heterocycles. The Labute approximate surface area is 183 Å². The van der Waals surface area contributed by atoms with Crippen molar-refractivity contribution in [3.05, 3.63) is 64.0 Å². The van der Waals surface area contributed by atoms with Crippen LogP contribution in [0.4, 0.5) is 13.2 Å². The van der Waals surface area contributed by atoms with Crippen molar-refractivity contribution in [1.82, 2.24) is 0 Å². The molecule has 0 saturated heterocycles. The van der Waals surface area contributed by atoms with Gasteiger partial charge in [-0.15, -0.1) is 0 Å². The molecule has 2 aliphatic carbocycles. The quantitative estimate of drug-likeness (QED) is 0.452. The third-order valence-corrected chi connectivity index (χ3v) is 7.12. The molecule has 1 fully saturated rings. The minimum Gasteiger partial charge on any atom is -0.494 e. The summed E-state index contributed by atoms with van der Waals surface area (Å²) in [4.78, 5) is 0. The summed E-state index contributed by atoms with van der Waals surface area (Å²) >= 11 is 0. The molecular weight excluding hydrogens is 397 g/mol. The summed E-state index contributed by atoms with van der Waals surface area (Å²) in [5.74, 6) is -0.882. The lowest BCUT2D eigenvalue weighted by Gasteiger charge is -2.29. The van der Waals surface area contributed by atoms with Gasteiger partial charge in [-0.1, -0.05) is 44.4 Å². The topological polar surface area (TPSA) is 9.23 Å². The maximum atomic E-state index is 15.1. The summed E-state index contributed by atoms with van der Waals surface area (Å²) in [5, 5.41) is 0. The summed E-state index contributed by atoms with van der Waals surface area (Å²) < 4.78 is 49.4. The largest absolute Gasteiger partial charge is 0.494 e. The van der Waals surface area contributed by atoms with Gasteiger partial charge in [-0.05, 0) is 84.8 Å². The van der Waals surface area contributed by atoms with Crippen molar-refractivity contribution in [2.75, 3.05) is 7.11 Å². The third-order valence-electron chi connectivity index (χ3n) is 7.12. The fourth-order valence-electron chi connectivity index (χ4n) is 5.24. The third kappa shape index (κ3) is 4.53. The molecule has 0 bridgehead atoms. The van der Waals surface area contributed by atoms with E-state index in [1.54, 1.807) is 24.3 Å². The van der Waals surface area contributed by atoms with E-state index in [1.807, 2.05) is 0 Å². The van der Waals surface area contributed by atoms with Crippen molar-refractivity contribution in [2.24, 2.45) is 5.92 Å². The number of methoxy groups -OCH3 is 1. The average Bonchev–Trinajstić information content (AvgIpc) is 2.79. The van der Waals surface area contributed by atoms with E-state index in [-0.39, 0.29) is 11.7 Å². The Balaban J connectivity index is 1.55. The Morgan fingerprint density at radius 3 is 2.45 bits per heavy atom. The van der Waals surface area contributed by atoms with Crippen LogP contribution < -0.4 is 4.74 Å². The van der Waals surface area contributed by atoms with Crippen molar-refractivity contribution in [2.45, 2.75) is 70.6 Å². The zero-order valence-corrected chi connectivity index (χ0v) is 18.4. The molecule has 31 heavy (non-hydrogen) atoms. The van der Waals surface area contributed by atoms with Crippen LogP contribution in [0.1, 0.15) is 86.5 Å². The van der Waals surface area contributed by atoms with Crippen LogP contribution in [-0.2, 0) is 6.42 Å². The first kappa shape index (κ1) is 22.0. The number of hydrogen-bond donors (Lipinski definition) is 0. The Morgan fingerprint density at radius 1 is 0.968 bits per heavy atom. The van der Waals surface area contributed by atoms with Crippen LogP contribution in [0.3, 0.4) is 0 Å². The lowest BCUT2D eigenvalue weighted by molar-refractivity contribution is 0.299. The van der Waals surface area contributed by atoms with Crippen molar-refractivity contribution in [1.29, 1.82) is 0 Å². The molecule has 0 atom stereocenters. The summed E-state index contributed by atoms with van der Waals surface area (Å²) in [7, 11) is 1.44. The van der Waals surface area contributed by atoms with Gasteiger partial charge in [0.25, 0.3) is 0 Å². The van der Waals surface area contributed by atoms with Crippen LogP contribution in [0, 0.1) is 23.4 Å². The van der Waals surface area contributed by atoms with E-state index >= 15 is 8.78 Å². The van der Waals surface area contributed by atoms with Gasteiger partial charge in [0.1, 0.15) is 0 Å². The molecular formula is C27H31F3O. The first-order chi connectivity index (χ1) is 15.0. The van der Waals surface area contributed by atoms with Gasteiger partial charge in [-0.25, -0.2) is 13.2 Å². The first-order valence-corrected chi connectivity index (χ1v) is 11.6. The van der Waals surface area contributed by atoms with Crippen molar-refractivity contribution in [3.63, 3.8) is 0 Å². The molecule has 0 N–H and O–H groups in total. The number of benzene rings is 2. The number of ether oxygens (including phenoxy) is 1. The number of allylic oxidation sites excluding steroid dienone is 1. The first-order valence-electron chi connectivity index (χ1n) is 11.6. The molecule has 2 aromatic carbocycles. The van der Waals surface area contributed by atoms with Crippen LogP contribution in [0.2, 0.25) is 0 Å². The monoisotopic (exact) mass is 428 g/mol. The molecule has 0 radical (unpaired) electrons. The highest BCUT2D eigenvalue weighted by atomic mass is 19.2. The van der Waals surface area contributed by atoms with Gasteiger partial charge < -0.3 is 4.74 Å². The number of rotatable bonds is 6. The number of fused-ring (bicyclic) bond motifs is 1. The standard InChI is InChI=1S/C27H31F3O/c1-3-4-5-17-6-8-18(9-7-17)22-12-13-23(27(30)26(22)29)20-11-10-19-16-25(31-2)24(28)15-21(19)14-20/h12-18H,3-11H2,1-2H3. The molecule has 1 saturated carbocycles. The molecule has 1 nitrogen and oxygen atoms in total. The lowest BCUT2D eigenvalue weighted by Crippen LogP contribution is -2.15. The van der Waals surface area contributed by atoms with Crippen LogP contribution in [0.5, 0.6) is 5.75 Å². The number of unbranched alkanes of at least 4 members (excludes halogenated alkanes) is 1. The van der Waals surface area contributed by atoms with Gasteiger partial charge in [-0.2, -0.15) is 0 Å². The van der Waals surface area contributed by atoms with E-state index in [1.165, 1.54) is 32.4 Å². The Morgan fingerprint density at radius 2 is 1.74 bits per heavy atom. The highest BCUT2D eigenvalue weighted by Gasteiger charge is 2.27. The highest BCUT2D eigenvalue weighted by molar-refractivity contribution is 5.85. The van der Waals surface area contributed by atoms with Crippen molar-refractivity contribution >= 4 is 11.6 Å². The predicted octanol–water partition coefficient (Wildman–Crippen LogP) is 8.06. The van der Waals surface area contributed by atoms with E-state index in [2.05, 4.69) is 6.92 Å². The van der Waals surface area contributed by atoms with Crippen LogP contribution in [0.15, 0.2) is 24.3 Å². The molecule has 4 rings (SSSR count). The summed E-state index contributed by atoms with van der Waals surface area (Å²) in [6.07, 6.45) is 10.8. The van der Waals surface area contributed by atoms with Gasteiger partial charge in [0.05, 0.1) is 7.11 Å².